The summed E-state index contributed by atoms with van der Waals surface area (Å²) in [7, 11) is 0. The first kappa shape index (κ1) is 19.2. The molecule has 10 nitrogen and oxygen atoms in total. The van der Waals surface area contributed by atoms with Gasteiger partial charge in [0.1, 0.15) is 23.3 Å². The molecule has 1 aromatic rings. The molecular formula is C15H23N3O7. The quantitative estimate of drug-likeness (QED) is 0.547. The molecule has 10 heteroatoms. The Morgan fingerprint density at radius 3 is 2.64 bits per heavy atom. The third-order valence-corrected chi connectivity index (χ3v) is 3.84. The number of amides is 1. The highest BCUT2D eigenvalue weighted by molar-refractivity contribution is 5.69. The first-order valence-corrected chi connectivity index (χ1v) is 7.75. The number of alkyl carbamates (subject to hydrolysis) is 1. The van der Waals surface area contributed by atoms with E-state index < -0.39 is 53.5 Å². The summed E-state index contributed by atoms with van der Waals surface area (Å²) in [5, 5.41) is 22.4. The standard InChI is InChI=1S/C15H23N3O7/c1-14(2,3)25-13(23)17-15(4)10(21)8(7-19)24-11(15)18-6-5-9(20)16-12(18)22/h5-6,8,10-11,19,21H,7H2,1-4H3,(H,17,23)(H,16,20,22). The molecule has 1 aliphatic rings. The highest BCUT2D eigenvalue weighted by Gasteiger charge is 2.55. The van der Waals surface area contributed by atoms with Crippen molar-refractivity contribution in [3.8, 4) is 0 Å². The monoisotopic (exact) mass is 357 g/mol. The fraction of sp³-hybridized carbons (Fsp3) is 0.667. The molecule has 1 aromatic heterocycles. The molecule has 0 spiro atoms. The Morgan fingerprint density at radius 2 is 2.12 bits per heavy atom. The van der Waals surface area contributed by atoms with Crippen LogP contribution in [0, 0.1) is 0 Å². The van der Waals surface area contributed by atoms with E-state index in [1.807, 2.05) is 0 Å². The maximum atomic E-state index is 12.2. The van der Waals surface area contributed by atoms with Gasteiger partial charge in [0, 0.05) is 12.3 Å². The van der Waals surface area contributed by atoms with Gasteiger partial charge in [-0.05, 0) is 27.7 Å². The number of aliphatic hydroxyl groups is 2. The van der Waals surface area contributed by atoms with E-state index in [4.69, 9.17) is 9.47 Å². The van der Waals surface area contributed by atoms with Gasteiger partial charge in [0.25, 0.3) is 5.56 Å². The molecule has 0 aliphatic carbocycles. The molecule has 140 valence electrons. The van der Waals surface area contributed by atoms with Crippen LogP contribution in [0.3, 0.4) is 0 Å². The largest absolute Gasteiger partial charge is 0.444 e. The van der Waals surface area contributed by atoms with Crippen molar-refractivity contribution in [2.75, 3.05) is 6.61 Å². The summed E-state index contributed by atoms with van der Waals surface area (Å²) < 4.78 is 11.8. The minimum atomic E-state index is -1.49. The van der Waals surface area contributed by atoms with Gasteiger partial charge >= 0.3 is 11.8 Å². The molecule has 2 rings (SSSR count). The third-order valence-electron chi connectivity index (χ3n) is 3.84. The normalized spacial score (nSPS) is 29.4. The maximum Gasteiger partial charge on any atom is 0.408 e. The van der Waals surface area contributed by atoms with Crippen molar-refractivity contribution in [1.29, 1.82) is 0 Å². The summed E-state index contributed by atoms with van der Waals surface area (Å²) in [5.41, 5.74) is -3.63. The van der Waals surface area contributed by atoms with Gasteiger partial charge in [0.15, 0.2) is 6.23 Å². The van der Waals surface area contributed by atoms with Crippen molar-refractivity contribution in [3.05, 3.63) is 33.1 Å². The van der Waals surface area contributed by atoms with E-state index in [0.717, 1.165) is 10.6 Å². The van der Waals surface area contributed by atoms with E-state index in [1.54, 1.807) is 20.8 Å². The van der Waals surface area contributed by atoms with E-state index in [0.29, 0.717) is 0 Å². The van der Waals surface area contributed by atoms with Gasteiger partial charge in [-0.3, -0.25) is 14.3 Å². The molecule has 4 unspecified atom stereocenters. The number of hydrogen-bond donors (Lipinski definition) is 4. The molecule has 0 radical (unpaired) electrons. The number of ether oxygens (including phenoxy) is 2. The topological polar surface area (TPSA) is 143 Å². The number of aromatic nitrogens is 2. The number of nitrogens with zero attached hydrogens (tertiary/aromatic N) is 1. The highest BCUT2D eigenvalue weighted by Crippen LogP contribution is 2.37. The summed E-state index contributed by atoms with van der Waals surface area (Å²) in [6, 6.07) is 1.11. The summed E-state index contributed by atoms with van der Waals surface area (Å²) >= 11 is 0. The summed E-state index contributed by atoms with van der Waals surface area (Å²) in [5.74, 6) is 0. The predicted molar refractivity (Wildman–Crippen MR) is 86.1 cm³/mol. The average Bonchev–Trinajstić information content (AvgIpc) is 2.69. The predicted octanol–water partition coefficient (Wildman–Crippen LogP) is -0.929. The van der Waals surface area contributed by atoms with E-state index in [-0.39, 0.29) is 0 Å². The van der Waals surface area contributed by atoms with Crippen LogP contribution in [-0.2, 0) is 9.47 Å². The Hall–Kier alpha value is -2.17. The Bertz CT molecular complexity index is 750. The number of aromatic amines is 1. The van der Waals surface area contributed by atoms with Crippen LogP contribution in [-0.4, -0.2) is 55.8 Å². The first-order chi connectivity index (χ1) is 11.5. The van der Waals surface area contributed by atoms with Gasteiger partial charge in [-0.2, -0.15) is 0 Å². The third kappa shape index (κ3) is 3.91. The zero-order valence-electron chi connectivity index (χ0n) is 14.5. The molecule has 25 heavy (non-hydrogen) atoms. The van der Waals surface area contributed by atoms with Gasteiger partial charge in [0.05, 0.1) is 6.61 Å². The number of carbonyl (C=O) groups excluding carboxylic acids is 1. The van der Waals surface area contributed by atoms with Crippen LogP contribution >= 0.6 is 0 Å². The number of H-pyrrole nitrogens is 1. The van der Waals surface area contributed by atoms with E-state index in [1.165, 1.54) is 13.1 Å². The van der Waals surface area contributed by atoms with Crippen LogP contribution in [0.15, 0.2) is 21.9 Å². The Balaban J connectivity index is 2.40. The second-order valence-corrected chi connectivity index (χ2v) is 7.08. The molecule has 0 aromatic carbocycles. The highest BCUT2D eigenvalue weighted by atomic mass is 16.6. The Labute approximate surface area is 143 Å². The SMILES string of the molecule is CC(C)(C)OC(=O)NC1(C)C(O)C(CO)OC1n1ccc(=O)[nH]c1=O. The fourth-order valence-corrected chi connectivity index (χ4v) is 2.68. The van der Waals surface area contributed by atoms with E-state index in [2.05, 4.69) is 10.3 Å². The van der Waals surface area contributed by atoms with Crippen molar-refractivity contribution in [1.82, 2.24) is 14.9 Å². The lowest BCUT2D eigenvalue weighted by atomic mass is 9.92. The summed E-state index contributed by atoms with van der Waals surface area (Å²) in [4.78, 5) is 37.6. The molecule has 4 N–H and O–H groups in total. The van der Waals surface area contributed by atoms with E-state index in [9.17, 15) is 24.6 Å². The smallest absolute Gasteiger partial charge is 0.408 e. The van der Waals surface area contributed by atoms with Crippen LogP contribution < -0.4 is 16.6 Å². The molecule has 0 saturated carbocycles. The molecule has 2 heterocycles. The minimum absolute atomic E-state index is 0.526. The summed E-state index contributed by atoms with van der Waals surface area (Å²) in [6.07, 6.45) is -3.17. The molecule has 1 amide bonds. The second kappa shape index (κ2) is 6.62. The molecular weight excluding hydrogens is 334 g/mol. The first-order valence-electron chi connectivity index (χ1n) is 7.75. The lowest BCUT2D eigenvalue weighted by molar-refractivity contribution is -0.0506. The van der Waals surface area contributed by atoms with Crippen LogP contribution in [0.25, 0.3) is 0 Å². The lowest BCUT2D eigenvalue weighted by Crippen LogP contribution is -2.59. The van der Waals surface area contributed by atoms with Crippen molar-refractivity contribution < 1.29 is 24.5 Å². The van der Waals surface area contributed by atoms with Crippen molar-refractivity contribution in [2.45, 2.75) is 57.3 Å². The fourth-order valence-electron chi connectivity index (χ4n) is 2.68. The second-order valence-electron chi connectivity index (χ2n) is 7.08. The molecule has 1 fully saturated rings. The Morgan fingerprint density at radius 1 is 1.48 bits per heavy atom. The Kier molecular flexibility index (Phi) is 5.07. The van der Waals surface area contributed by atoms with Gasteiger partial charge in [0.2, 0.25) is 0 Å². The lowest BCUT2D eigenvalue weighted by Gasteiger charge is -2.34. The van der Waals surface area contributed by atoms with Gasteiger partial charge in [-0.15, -0.1) is 0 Å². The molecule has 0 bridgehead atoms. The average molecular weight is 357 g/mol. The zero-order chi connectivity index (χ0) is 19.0. The van der Waals surface area contributed by atoms with Crippen LogP contribution in [0.5, 0.6) is 0 Å². The number of carbonyl (C=O) groups is 1. The minimum Gasteiger partial charge on any atom is -0.444 e. The summed E-state index contributed by atoms with van der Waals surface area (Å²) in [6.45, 7) is 5.96. The van der Waals surface area contributed by atoms with Crippen LogP contribution in [0.2, 0.25) is 0 Å². The van der Waals surface area contributed by atoms with Crippen LogP contribution in [0.1, 0.15) is 33.9 Å². The van der Waals surface area contributed by atoms with Crippen molar-refractivity contribution in [3.63, 3.8) is 0 Å². The number of hydrogen-bond acceptors (Lipinski definition) is 7. The zero-order valence-corrected chi connectivity index (χ0v) is 14.5. The van der Waals surface area contributed by atoms with Crippen molar-refractivity contribution in [2.24, 2.45) is 0 Å². The molecule has 4 atom stereocenters. The number of aliphatic hydroxyl groups excluding tert-OH is 2. The number of nitrogens with one attached hydrogen (secondary N) is 2. The van der Waals surface area contributed by atoms with E-state index >= 15 is 0 Å². The van der Waals surface area contributed by atoms with Crippen molar-refractivity contribution >= 4 is 6.09 Å². The van der Waals surface area contributed by atoms with Gasteiger partial charge in [-0.25, -0.2) is 9.59 Å². The maximum absolute atomic E-state index is 12.2. The molecule has 1 saturated heterocycles. The van der Waals surface area contributed by atoms with Gasteiger partial charge < -0.3 is 25.0 Å². The van der Waals surface area contributed by atoms with Crippen LogP contribution in [0.4, 0.5) is 4.79 Å². The number of rotatable bonds is 3. The van der Waals surface area contributed by atoms with Gasteiger partial charge in [-0.1, -0.05) is 0 Å². The molecule has 1 aliphatic heterocycles.